The predicted octanol–water partition coefficient (Wildman–Crippen LogP) is 1.55. The topological polar surface area (TPSA) is 89.3 Å². The fourth-order valence-electron chi connectivity index (χ4n) is 2.30. The Hall–Kier alpha value is -2.18. The monoisotopic (exact) mass is 332 g/mol. The molecule has 0 heterocycles. The van der Waals surface area contributed by atoms with Gasteiger partial charge in [-0.05, 0) is 16.7 Å². The van der Waals surface area contributed by atoms with Crippen LogP contribution in [0.15, 0.2) is 54.6 Å². The molecule has 122 valence electrons. The zero-order valence-corrected chi connectivity index (χ0v) is 13.7. The van der Waals surface area contributed by atoms with Crippen LogP contribution >= 0.6 is 0 Å². The molecule has 2 aromatic rings. The maximum atomic E-state index is 11.6. The summed E-state index contributed by atoms with van der Waals surface area (Å²) in [5.41, 5.74) is 7.96. The number of rotatable bonds is 7. The summed E-state index contributed by atoms with van der Waals surface area (Å²) in [6, 6.07) is 16.0. The van der Waals surface area contributed by atoms with Gasteiger partial charge in [-0.3, -0.25) is 10.1 Å². The number of hydrogen-bond donors (Lipinski definition) is 2. The third-order valence-electron chi connectivity index (χ3n) is 3.38. The number of sulfone groups is 1. The van der Waals surface area contributed by atoms with E-state index in [4.69, 9.17) is 5.73 Å². The molecule has 0 aliphatic carbocycles. The number of carbonyl (C=O) groups excluding carboxylic acids is 1. The van der Waals surface area contributed by atoms with Crippen molar-refractivity contribution in [3.05, 3.63) is 71.3 Å². The van der Waals surface area contributed by atoms with Gasteiger partial charge in [-0.25, -0.2) is 8.42 Å². The van der Waals surface area contributed by atoms with Crippen LogP contribution < -0.4 is 11.1 Å². The largest absolute Gasteiger partial charge is 0.368 e. The molecule has 5 nitrogen and oxygen atoms in total. The van der Waals surface area contributed by atoms with E-state index in [0.717, 1.165) is 16.7 Å². The van der Waals surface area contributed by atoms with Crippen LogP contribution in [0.4, 0.5) is 0 Å². The maximum absolute atomic E-state index is 11.6. The predicted molar refractivity (Wildman–Crippen MR) is 90.2 cm³/mol. The molecular weight excluding hydrogens is 312 g/mol. The zero-order valence-electron chi connectivity index (χ0n) is 12.9. The Morgan fingerprint density at radius 3 is 2.13 bits per heavy atom. The standard InChI is InChI=1S/C17H20N2O3S/c1-23(21,22)12-14-9-7-13(8-10-14)11-19-16(17(18)20)15-5-3-2-4-6-15/h2-10,16,19H,11-12H2,1H3,(H2,18,20)/t16-/m1/s1. The lowest BCUT2D eigenvalue weighted by Crippen LogP contribution is -2.33. The van der Waals surface area contributed by atoms with Crippen LogP contribution in [0.25, 0.3) is 0 Å². The molecule has 0 spiro atoms. The molecule has 2 rings (SSSR count). The normalized spacial score (nSPS) is 12.7. The van der Waals surface area contributed by atoms with Gasteiger partial charge in [0.1, 0.15) is 6.04 Å². The van der Waals surface area contributed by atoms with E-state index in [-0.39, 0.29) is 5.75 Å². The minimum Gasteiger partial charge on any atom is -0.368 e. The highest BCUT2D eigenvalue weighted by Gasteiger charge is 2.16. The fraction of sp³-hybridized carbons (Fsp3) is 0.235. The average Bonchev–Trinajstić information content (AvgIpc) is 2.48. The third-order valence-corrected chi connectivity index (χ3v) is 4.24. The van der Waals surface area contributed by atoms with Gasteiger partial charge in [0.2, 0.25) is 5.91 Å². The smallest absolute Gasteiger partial charge is 0.239 e. The summed E-state index contributed by atoms with van der Waals surface area (Å²) < 4.78 is 22.5. The van der Waals surface area contributed by atoms with E-state index in [9.17, 15) is 13.2 Å². The van der Waals surface area contributed by atoms with E-state index in [1.807, 2.05) is 42.5 Å². The number of nitrogens with two attached hydrogens (primary N) is 1. The highest BCUT2D eigenvalue weighted by atomic mass is 32.2. The Bertz CT molecular complexity index is 756. The average molecular weight is 332 g/mol. The van der Waals surface area contributed by atoms with E-state index >= 15 is 0 Å². The van der Waals surface area contributed by atoms with Crippen molar-refractivity contribution in [1.29, 1.82) is 0 Å². The molecule has 0 unspecified atom stereocenters. The van der Waals surface area contributed by atoms with Crippen LogP contribution in [0.5, 0.6) is 0 Å². The van der Waals surface area contributed by atoms with Gasteiger partial charge < -0.3 is 5.73 Å². The molecule has 0 saturated heterocycles. The Morgan fingerprint density at radius 1 is 1.04 bits per heavy atom. The van der Waals surface area contributed by atoms with E-state index < -0.39 is 21.8 Å². The number of nitrogens with one attached hydrogen (secondary N) is 1. The summed E-state index contributed by atoms with van der Waals surface area (Å²) in [6.45, 7) is 0.460. The van der Waals surface area contributed by atoms with Gasteiger partial charge in [0.15, 0.2) is 9.84 Å². The number of primary amides is 1. The first-order chi connectivity index (χ1) is 10.8. The van der Waals surface area contributed by atoms with Crippen LogP contribution in [0, 0.1) is 0 Å². The first kappa shape index (κ1) is 17.2. The molecule has 0 aliphatic heterocycles. The van der Waals surface area contributed by atoms with Crippen molar-refractivity contribution < 1.29 is 13.2 Å². The number of benzene rings is 2. The van der Waals surface area contributed by atoms with Gasteiger partial charge in [0.25, 0.3) is 0 Å². The van der Waals surface area contributed by atoms with Gasteiger partial charge >= 0.3 is 0 Å². The molecule has 0 radical (unpaired) electrons. The van der Waals surface area contributed by atoms with Crippen LogP contribution in [-0.4, -0.2) is 20.6 Å². The van der Waals surface area contributed by atoms with Crippen molar-refractivity contribution in [1.82, 2.24) is 5.32 Å². The van der Waals surface area contributed by atoms with Gasteiger partial charge in [-0.1, -0.05) is 54.6 Å². The molecule has 1 amide bonds. The Kier molecular flexibility index (Phi) is 5.52. The summed E-state index contributed by atoms with van der Waals surface area (Å²) in [5.74, 6) is -0.417. The van der Waals surface area contributed by atoms with Gasteiger partial charge in [-0.15, -0.1) is 0 Å². The highest BCUT2D eigenvalue weighted by Crippen LogP contribution is 2.14. The molecule has 0 saturated carbocycles. The second-order valence-corrected chi connectivity index (χ2v) is 7.65. The minimum atomic E-state index is -3.04. The summed E-state index contributed by atoms with van der Waals surface area (Å²) >= 11 is 0. The van der Waals surface area contributed by atoms with Crippen LogP contribution in [0.3, 0.4) is 0 Å². The minimum absolute atomic E-state index is 0.0225. The van der Waals surface area contributed by atoms with E-state index in [0.29, 0.717) is 6.54 Å². The van der Waals surface area contributed by atoms with Crippen LogP contribution in [0.1, 0.15) is 22.7 Å². The molecule has 0 aromatic heterocycles. The maximum Gasteiger partial charge on any atom is 0.239 e. The Morgan fingerprint density at radius 2 is 1.61 bits per heavy atom. The van der Waals surface area contributed by atoms with Gasteiger partial charge in [0.05, 0.1) is 5.75 Å². The lowest BCUT2D eigenvalue weighted by atomic mass is 10.1. The fourth-order valence-corrected chi connectivity index (χ4v) is 3.10. The molecule has 2 aromatic carbocycles. The molecule has 3 N–H and O–H groups in total. The number of amides is 1. The SMILES string of the molecule is CS(=O)(=O)Cc1ccc(CN[C@@H](C(N)=O)c2ccccc2)cc1. The van der Waals surface area contributed by atoms with E-state index in [1.54, 1.807) is 12.1 Å². The zero-order chi connectivity index (χ0) is 16.9. The van der Waals surface area contributed by atoms with Crippen molar-refractivity contribution >= 4 is 15.7 Å². The Labute approximate surface area is 136 Å². The first-order valence-electron chi connectivity index (χ1n) is 7.18. The molecule has 1 atom stereocenters. The lowest BCUT2D eigenvalue weighted by molar-refractivity contribution is -0.120. The van der Waals surface area contributed by atoms with Crippen molar-refractivity contribution in [2.45, 2.75) is 18.3 Å². The van der Waals surface area contributed by atoms with Crippen LogP contribution in [0.2, 0.25) is 0 Å². The van der Waals surface area contributed by atoms with E-state index in [2.05, 4.69) is 5.32 Å². The lowest BCUT2D eigenvalue weighted by Gasteiger charge is -2.16. The molecular formula is C17H20N2O3S. The second-order valence-electron chi connectivity index (χ2n) is 5.51. The quantitative estimate of drug-likeness (QED) is 0.805. The number of hydrogen-bond acceptors (Lipinski definition) is 4. The van der Waals surface area contributed by atoms with Crippen molar-refractivity contribution in [3.8, 4) is 0 Å². The molecule has 0 aliphatic rings. The van der Waals surface area contributed by atoms with Crippen LogP contribution in [-0.2, 0) is 26.9 Å². The second kappa shape index (κ2) is 7.39. The Balaban J connectivity index is 2.03. The number of carbonyl (C=O) groups is 1. The molecule has 0 fully saturated rings. The van der Waals surface area contributed by atoms with Crippen molar-refractivity contribution in [2.24, 2.45) is 5.73 Å². The third kappa shape index (κ3) is 5.50. The molecule has 0 bridgehead atoms. The summed E-state index contributed by atoms with van der Waals surface area (Å²) in [6.07, 6.45) is 1.21. The highest BCUT2D eigenvalue weighted by molar-refractivity contribution is 7.89. The van der Waals surface area contributed by atoms with Crippen molar-refractivity contribution in [2.75, 3.05) is 6.26 Å². The van der Waals surface area contributed by atoms with Gasteiger partial charge in [0, 0.05) is 12.8 Å². The molecule has 23 heavy (non-hydrogen) atoms. The van der Waals surface area contributed by atoms with Gasteiger partial charge in [-0.2, -0.15) is 0 Å². The summed E-state index contributed by atoms with van der Waals surface area (Å²) in [5, 5.41) is 3.13. The summed E-state index contributed by atoms with van der Waals surface area (Å²) in [7, 11) is -3.04. The summed E-state index contributed by atoms with van der Waals surface area (Å²) in [4.78, 5) is 11.6. The molecule has 6 heteroatoms. The van der Waals surface area contributed by atoms with Crippen molar-refractivity contribution in [3.63, 3.8) is 0 Å². The van der Waals surface area contributed by atoms with E-state index in [1.165, 1.54) is 6.26 Å². The first-order valence-corrected chi connectivity index (χ1v) is 9.24.